The van der Waals surface area contributed by atoms with Gasteiger partial charge in [-0.05, 0) is 42.9 Å². The van der Waals surface area contributed by atoms with Crippen molar-refractivity contribution >= 4 is 44.1 Å². The van der Waals surface area contributed by atoms with Crippen molar-refractivity contribution in [1.29, 1.82) is 0 Å². The van der Waals surface area contributed by atoms with Crippen molar-refractivity contribution in [3.8, 4) is 0 Å². The van der Waals surface area contributed by atoms with Crippen LogP contribution in [0.25, 0.3) is 10.9 Å². The second kappa shape index (κ2) is 7.69. The standard InChI is InChI=1S/C20H21Cl2N3O2S/c1-23-9-11-24(12-10-23)14-15-3-2-4-19-17(15)7-8-25(19)28(26,27)20-6-5-16(21)13-18(20)22/h2-8,13H,9-12,14H2,1H3. The summed E-state index contributed by atoms with van der Waals surface area (Å²) < 4.78 is 27.7. The largest absolute Gasteiger partial charge is 0.304 e. The Bertz CT molecular complexity index is 1120. The number of benzene rings is 2. The zero-order valence-corrected chi connectivity index (χ0v) is 17.8. The van der Waals surface area contributed by atoms with Gasteiger partial charge >= 0.3 is 0 Å². The highest BCUT2D eigenvalue weighted by molar-refractivity contribution is 7.90. The van der Waals surface area contributed by atoms with Crippen LogP contribution in [0.5, 0.6) is 0 Å². The van der Waals surface area contributed by atoms with Gasteiger partial charge in [0.1, 0.15) is 4.90 Å². The average molecular weight is 438 g/mol. The molecule has 8 heteroatoms. The topological polar surface area (TPSA) is 45.5 Å². The second-order valence-electron chi connectivity index (χ2n) is 7.12. The molecular weight excluding hydrogens is 417 g/mol. The monoisotopic (exact) mass is 437 g/mol. The minimum atomic E-state index is -3.82. The molecule has 0 N–H and O–H groups in total. The summed E-state index contributed by atoms with van der Waals surface area (Å²) in [5.74, 6) is 0. The third-order valence-electron chi connectivity index (χ3n) is 5.21. The molecule has 1 aromatic heterocycles. The molecule has 1 saturated heterocycles. The van der Waals surface area contributed by atoms with E-state index in [0.717, 1.165) is 43.7 Å². The van der Waals surface area contributed by atoms with Crippen LogP contribution in [0.3, 0.4) is 0 Å². The van der Waals surface area contributed by atoms with Gasteiger partial charge in [0.2, 0.25) is 0 Å². The fraction of sp³-hybridized carbons (Fsp3) is 0.300. The van der Waals surface area contributed by atoms with Crippen molar-refractivity contribution in [3.63, 3.8) is 0 Å². The summed E-state index contributed by atoms with van der Waals surface area (Å²) in [6, 6.07) is 12.1. The predicted molar refractivity (Wildman–Crippen MR) is 114 cm³/mol. The van der Waals surface area contributed by atoms with Crippen LogP contribution in [0, 0.1) is 0 Å². The Morgan fingerprint density at radius 2 is 1.75 bits per heavy atom. The minimum absolute atomic E-state index is 0.0422. The van der Waals surface area contributed by atoms with Crippen molar-refractivity contribution in [1.82, 2.24) is 13.8 Å². The molecule has 1 aliphatic rings. The number of nitrogens with zero attached hydrogens (tertiary/aromatic N) is 3. The zero-order valence-electron chi connectivity index (χ0n) is 15.5. The molecule has 4 rings (SSSR count). The van der Waals surface area contributed by atoms with E-state index in [4.69, 9.17) is 23.2 Å². The van der Waals surface area contributed by atoms with E-state index in [9.17, 15) is 8.42 Å². The fourth-order valence-corrected chi connectivity index (χ4v) is 5.69. The molecule has 0 atom stereocenters. The van der Waals surface area contributed by atoms with Crippen LogP contribution in [0.4, 0.5) is 0 Å². The quantitative estimate of drug-likeness (QED) is 0.619. The van der Waals surface area contributed by atoms with Crippen molar-refractivity contribution in [2.45, 2.75) is 11.4 Å². The normalized spacial score (nSPS) is 16.7. The van der Waals surface area contributed by atoms with Crippen LogP contribution >= 0.6 is 23.2 Å². The van der Waals surface area contributed by atoms with Gasteiger partial charge in [0.05, 0.1) is 10.5 Å². The molecule has 0 aliphatic carbocycles. The minimum Gasteiger partial charge on any atom is -0.304 e. The average Bonchev–Trinajstić information content (AvgIpc) is 3.09. The van der Waals surface area contributed by atoms with E-state index in [0.29, 0.717) is 10.5 Å². The lowest BCUT2D eigenvalue weighted by Gasteiger charge is -2.32. The zero-order chi connectivity index (χ0) is 19.9. The van der Waals surface area contributed by atoms with Crippen LogP contribution in [0.15, 0.2) is 53.6 Å². The first kappa shape index (κ1) is 19.7. The van der Waals surface area contributed by atoms with Crippen molar-refractivity contribution in [2.24, 2.45) is 0 Å². The summed E-state index contributed by atoms with van der Waals surface area (Å²) in [4.78, 5) is 4.76. The van der Waals surface area contributed by atoms with Crippen LogP contribution < -0.4 is 0 Å². The Morgan fingerprint density at radius 3 is 2.46 bits per heavy atom. The van der Waals surface area contributed by atoms with Crippen molar-refractivity contribution < 1.29 is 8.42 Å². The van der Waals surface area contributed by atoms with E-state index >= 15 is 0 Å². The van der Waals surface area contributed by atoms with E-state index in [1.807, 2.05) is 18.2 Å². The Morgan fingerprint density at radius 1 is 1.00 bits per heavy atom. The molecule has 3 aromatic rings. The Hall–Kier alpha value is -1.57. The summed E-state index contributed by atoms with van der Waals surface area (Å²) in [6.07, 6.45) is 1.60. The van der Waals surface area contributed by atoms with Crippen LogP contribution in [-0.2, 0) is 16.6 Å². The number of rotatable bonds is 4. The van der Waals surface area contributed by atoms with Gasteiger partial charge < -0.3 is 4.90 Å². The molecule has 1 aliphatic heterocycles. The summed E-state index contributed by atoms with van der Waals surface area (Å²) in [5.41, 5.74) is 1.77. The second-order valence-corrected chi connectivity index (χ2v) is 9.75. The van der Waals surface area contributed by atoms with E-state index < -0.39 is 10.0 Å². The molecule has 0 unspecified atom stereocenters. The summed E-state index contributed by atoms with van der Waals surface area (Å²) in [7, 11) is -1.69. The third kappa shape index (κ3) is 3.67. The van der Waals surface area contributed by atoms with Gasteiger partial charge in [0, 0.05) is 49.3 Å². The van der Waals surface area contributed by atoms with Crippen LogP contribution in [0.2, 0.25) is 10.0 Å². The summed E-state index contributed by atoms with van der Waals surface area (Å²) >= 11 is 12.1. The molecule has 0 amide bonds. The number of fused-ring (bicyclic) bond motifs is 1. The molecule has 2 heterocycles. The molecule has 0 spiro atoms. The molecule has 28 heavy (non-hydrogen) atoms. The highest BCUT2D eigenvalue weighted by Crippen LogP contribution is 2.30. The lowest BCUT2D eigenvalue weighted by Crippen LogP contribution is -2.43. The van der Waals surface area contributed by atoms with Gasteiger partial charge in [-0.2, -0.15) is 0 Å². The highest BCUT2D eigenvalue weighted by Gasteiger charge is 2.23. The van der Waals surface area contributed by atoms with Gasteiger partial charge in [0.25, 0.3) is 10.0 Å². The Labute approximate surface area is 175 Å². The summed E-state index contributed by atoms with van der Waals surface area (Å²) in [5, 5.41) is 1.45. The number of likely N-dealkylation sites (N-methyl/N-ethyl adjacent to an activating group) is 1. The molecule has 1 fully saturated rings. The van der Waals surface area contributed by atoms with E-state index in [-0.39, 0.29) is 9.92 Å². The first-order chi connectivity index (χ1) is 13.4. The molecule has 0 bridgehead atoms. The SMILES string of the molecule is CN1CCN(Cc2cccc3c2ccn3S(=O)(=O)c2ccc(Cl)cc2Cl)CC1. The van der Waals surface area contributed by atoms with Gasteiger partial charge in [-0.3, -0.25) is 4.90 Å². The number of aromatic nitrogens is 1. The first-order valence-corrected chi connectivity index (χ1v) is 11.3. The van der Waals surface area contributed by atoms with Gasteiger partial charge in [-0.1, -0.05) is 35.3 Å². The number of hydrogen-bond donors (Lipinski definition) is 0. The summed E-state index contributed by atoms with van der Waals surface area (Å²) in [6.45, 7) is 4.90. The number of halogens is 2. The lowest BCUT2D eigenvalue weighted by molar-refractivity contribution is 0.148. The van der Waals surface area contributed by atoms with Crippen LogP contribution in [0.1, 0.15) is 5.56 Å². The van der Waals surface area contributed by atoms with E-state index in [1.165, 1.54) is 22.2 Å². The van der Waals surface area contributed by atoms with E-state index in [2.05, 4.69) is 22.9 Å². The lowest BCUT2D eigenvalue weighted by atomic mass is 10.1. The smallest absolute Gasteiger partial charge is 0.269 e. The maximum Gasteiger partial charge on any atom is 0.269 e. The molecule has 2 aromatic carbocycles. The molecule has 0 radical (unpaired) electrons. The van der Waals surface area contributed by atoms with Crippen LogP contribution in [-0.4, -0.2) is 55.4 Å². The predicted octanol–water partition coefficient (Wildman–Crippen LogP) is 3.93. The fourth-order valence-electron chi connectivity index (χ4n) is 3.59. The molecular formula is C20H21Cl2N3O2S. The Kier molecular flexibility index (Phi) is 5.42. The Balaban J connectivity index is 1.72. The van der Waals surface area contributed by atoms with Crippen molar-refractivity contribution in [3.05, 3.63) is 64.3 Å². The first-order valence-electron chi connectivity index (χ1n) is 9.07. The third-order valence-corrected chi connectivity index (χ3v) is 7.62. The number of piperazine rings is 1. The van der Waals surface area contributed by atoms with Gasteiger partial charge in [0.15, 0.2) is 0 Å². The molecule has 5 nitrogen and oxygen atoms in total. The van der Waals surface area contributed by atoms with Gasteiger partial charge in [-0.15, -0.1) is 0 Å². The molecule has 0 saturated carbocycles. The maximum absolute atomic E-state index is 13.2. The van der Waals surface area contributed by atoms with E-state index in [1.54, 1.807) is 6.20 Å². The molecule has 148 valence electrons. The maximum atomic E-state index is 13.2. The van der Waals surface area contributed by atoms with Gasteiger partial charge in [-0.25, -0.2) is 12.4 Å². The highest BCUT2D eigenvalue weighted by atomic mass is 35.5. The van der Waals surface area contributed by atoms with Crippen molar-refractivity contribution in [2.75, 3.05) is 33.2 Å². The number of hydrogen-bond acceptors (Lipinski definition) is 4.